The second-order valence-corrected chi connectivity index (χ2v) is 11.7. The van der Waals surface area contributed by atoms with Gasteiger partial charge in [0.25, 0.3) is 17.6 Å². The van der Waals surface area contributed by atoms with Crippen LogP contribution in [0.3, 0.4) is 0 Å². The van der Waals surface area contributed by atoms with Gasteiger partial charge in [-0.1, -0.05) is 56.4 Å². The lowest BCUT2D eigenvalue weighted by molar-refractivity contribution is -0.645. The van der Waals surface area contributed by atoms with E-state index in [4.69, 9.17) is 9.57 Å². The number of ether oxygens (including phenoxy) is 1. The summed E-state index contributed by atoms with van der Waals surface area (Å²) >= 11 is 0. The first kappa shape index (κ1) is 34.5. The first-order valence-corrected chi connectivity index (χ1v) is 16.2. The van der Waals surface area contributed by atoms with E-state index in [0.29, 0.717) is 28.8 Å². The maximum Gasteiger partial charge on any atom is 0.345 e. The summed E-state index contributed by atoms with van der Waals surface area (Å²) < 4.78 is 7.59. The number of carbonyl (C=O) groups is 4. The molecule has 0 bridgehead atoms. The van der Waals surface area contributed by atoms with Crippen molar-refractivity contribution in [3.05, 3.63) is 92.5 Å². The van der Waals surface area contributed by atoms with Crippen LogP contribution in [0.4, 0.5) is 11.4 Å². The highest BCUT2D eigenvalue weighted by Crippen LogP contribution is 2.38. The summed E-state index contributed by atoms with van der Waals surface area (Å²) in [6, 6.07) is 17.8. The van der Waals surface area contributed by atoms with Crippen molar-refractivity contribution >= 4 is 56.9 Å². The molecule has 0 atom stereocenters. The van der Waals surface area contributed by atoms with Crippen LogP contribution >= 0.6 is 0 Å². The van der Waals surface area contributed by atoms with Crippen molar-refractivity contribution in [1.82, 2.24) is 5.06 Å². The largest absolute Gasteiger partial charge is 0.408 e. The zero-order chi connectivity index (χ0) is 34.9. The Morgan fingerprint density at radius 1 is 0.694 bits per heavy atom. The molecule has 0 aliphatic carbocycles. The molecule has 14 heteroatoms. The van der Waals surface area contributed by atoms with E-state index < -0.39 is 50.7 Å². The molecule has 0 unspecified atom stereocenters. The number of unbranched alkanes of at least 4 members (excludes halogenated alkanes) is 7. The number of rotatable bonds is 16. The number of esters is 1. The number of amides is 2. The highest BCUT2D eigenvalue weighted by molar-refractivity contribution is 6.13. The van der Waals surface area contributed by atoms with Crippen LogP contribution in [-0.4, -0.2) is 38.7 Å². The third kappa shape index (κ3) is 8.03. The molecule has 1 aliphatic heterocycles. The minimum Gasteiger partial charge on any atom is -0.408 e. The molecule has 1 fully saturated rings. The van der Waals surface area contributed by atoms with Crippen molar-refractivity contribution in [3.8, 4) is 5.75 Å². The minimum absolute atomic E-state index is 0.0714. The highest BCUT2D eigenvalue weighted by Gasteiger charge is 2.33. The Kier molecular flexibility index (Phi) is 11.2. The lowest BCUT2D eigenvalue weighted by Gasteiger charge is -2.12. The summed E-state index contributed by atoms with van der Waals surface area (Å²) in [5.74, 6) is -3.20. The van der Waals surface area contributed by atoms with Gasteiger partial charge < -0.3 is 9.57 Å². The fourth-order valence-electron chi connectivity index (χ4n) is 6.03. The molecular formula is C35H35N4O10+. The number of pyridine rings is 1. The first-order chi connectivity index (χ1) is 23.7. The number of hydrogen-bond donors (Lipinski definition) is 0. The second-order valence-electron chi connectivity index (χ2n) is 11.7. The number of nitro groups is 2. The predicted octanol–water partition coefficient (Wildman–Crippen LogP) is 6.43. The number of carbonyl (C=O) groups excluding carboxylic acids is 4. The van der Waals surface area contributed by atoms with Gasteiger partial charge in [-0.2, -0.15) is 4.57 Å². The number of para-hydroxylation sites is 3. The van der Waals surface area contributed by atoms with Crippen LogP contribution in [0.25, 0.3) is 21.8 Å². The maximum atomic E-state index is 13.7. The van der Waals surface area contributed by atoms with E-state index in [1.807, 2.05) is 24.3 Å². The van der Waals surface area contributed by atoms with E-state index in [-0.39, 0.29) is 24.8 Å². The van der Waals surface area contributed by atoms with Gasteiger partial charge >= 0.3 is 23.3 Å². The van der Waals surface area contributed by atoms with Crippen molar-refractivity contribution in [2.45, 2.75) is 77.2 Å². The summed E-state index contributed by atoms with van der Waals surface area (Å²) in [5, 5.41) is 25.0. The van der Waals surface area contributed by atoms with E-state index in [1.165, 1.54) is 0 Å². The molecule has 1 saturated heterocycles. The Morgan fingerprint density at radius 3 is 1.71 bits per heavy atom. The Morgan fingerprint density at radius 2 is 1.18 bits per heavy atom. The van der Waals surface area contributed by atoms with Gasteiger partial charge in [0.1, 0.15) is 6.54 Å². The van der Waals surface area contributed by atoms with Gasteiger partial charge in [-0.3, -0.25) is 29.8 Å². The number of aromatic nitrogens is 1. The zero-order valence-corrected chi connectivity index (χ0v) is 26.7. The Hall–Kier alpha value is -5.79. The first-order valence-electron chi connectivity index (χ1n) is 16.2. The van der Waals surface area contributed by atoms with Gasteiger partial charge in [0.05, 0.1) is 26.2 Å². The van der Waals surface area contributed by atoms with Crippen LogP contribution < -0.4 is 9.30 Å². The van der Waals surface area contributed by atoms with E-state index in [1.54, 1.807) is 24.3 Å². The van der Waals surface area contributed by atoms with Crippen LogP contribution in [0, 0.1) is 20.2 Å². The summed E-state index contributed by atoms with van der Waals surface area (Å²) in [6.45, 7) is 0.663. The minimum atomic E-state index is -0.939. The average Bonchev–Trinajstić information content (AvgIpc) is 3.40. The number of benzene rings is 3. The Labute approximate surface area is 280 Å². The molecule has 0 radical (unpaired) electrons. The quantitative estimate of drug-likeness (QED) is 0.0188. The lowest BCUT2D eigenvalue weighted by atomic mass is 10.0. The maximum absolute atomic E-state index is 13.7. The van der Waals surface area contributed by atoms with E-state index in [0.717, 1.165) is 74.2 Å². The Bertz CT molecular complexity index is 1840. The van der Waals surface area contributed by atoms with E-state index in [2.05, 4.69) is 4.57 Å². The van der Waals surface area contributed by atoms with Gasteiger partial charge in [-0.05, 0) is 31.0 Å². The van der Waals surface area contributed by atoms with Crippen LogP contribution in [0.5, 0.6) is 5.75 Å². The number of nitro benzene ring substituents is 2. The van der Waals surface area contributed by atoms with Crippen molar-refractivity contribution in [1.29, 1.82) is 0 Å². The number of fused-ring (bicyclic) bond motifs is 2. The fraction of sp³-hybridized carbons (Fsp3) is 0.343. The number of nitrogens with zero attached hydrogens (tertiary/aromatic N) is 4. The molecule has 3 aromatic carbocycles. The van der Waals surface area contributed by atoms with Gasteiger partial charge in [0.2, 0.25) is 11.0 Å². The Balaban J connectivity index is 1.19. The van der Waals surface area contributed by atoms with E-state index in [9.17, 15) is 39.4 Å². The number of hydrogen-bond acceptors (Lipinski definition) is 10. The summed E-state index contributed by atoms with van der Waals surface area (Å²) in [7, 11) is 0. The molecule has 0 spiro atoms. The number of hydroxylamine groups is 2. The molecule has 254 valence electrons. The van der Waals surface area contributed by atoms with Crippen molar-refractivity contribution < 1.29 is 43.2 Å². The highest BCUT2D eigenvalue weighted by atomic mass is 16.7. The van der Waals surface area contributed by atoms with Crippen LogP contribution in [0.1, 0.15) is 81.0 Å². The SMILES string of the molecule is O=C(CCCCCCCCCC[n+]1c2ccccc2c(C(=O)Oc2c([N+](=O)[O-])cccc2[N+](=O)[O-])c2ccccc21)ON1C(=O)CCC1=O. The van der Waals surface area contributed by atoms with E-state index >= 15 is 0 Å². The lowest BCUT2D eigenvalue weighted by Crippen LogP contribution is -2.36. The normalized spacial score (nSPS) is 12.9. The van der Waals surface area contributed by atoms with Crippen molar-refractivity contribution in [3.63, 3.8) is 0 Å². The van der Waals surface area contributed by atoms with Crippen LogP contribution in [0.2, 0.25) is 0 Å². The topological polar surface area (TPSA) is 180 Å². The molecule has 2 amide bonds. The molecule has 5 rings (SSSR count). The zero-order valence-electron chi connectivity index (χ0n) is 26.7. The smallest absolute Gasteiger partial charge is 0.345 e. The molecular weight excluding hydrogens is 636 g/mol. The molecule has 4 aromatic rings. The molecule has 1 aromatic heterocycles. The number of imide groups is 1. The van der Waals surface area contributed by atoms with Gasteiger partial charge in [0.15, 0.2) is 0 Å². The molecule has 14 nitrogen and oxygen atoms in total. The predicted molar refractivity (Wildman–Crippen MR) is 175 cm³/mol. The standard InChI is InChI=1S/C35H35N4O10/c40-30-21-22-31(41)37(30)49-32(42)20-7-5-3-1-2-4-6-12-23-36-26-16-10-8-14-24(26)33(25-15-9-11-17-27(25)36)35(43)48-34-28(38(44)45)18-13-19-29(34)39(46)47/h8-11,13-19H,1-7,12,20-23H2/q+1. The third-order valence-corrected chi connectivity index (χ3v) is 8.41. The third-order valence-electron chi connectivity index (χ3n) is 8.41. The summed E-state index contributed by atoms with van der Waals surface area (Å²) in [5.41, 5.74) is 0.292. The molecule has 49 heavy (non-hydrogen) atoms. The average molecular weight is 672 g/mol. The summed E-state index contributed by atoms with van der Waals surface area (Å²) in [4.78, 5) is 75.3. The monoisotopic (exact) mass is 671 g/mol. The fourth-order valence-corrected chi connectivity index (χ4v) is 6.03. The van der Waals surface area contributed by atoms with Gasteiger partial charge in [0, 0.05) is 49.9 Å². The molecule has 0 N–H and O–H groups in total. The molecule has 1 aliphatic rings. The molecule has 2 heterocycles. The van der Waals surface area contributed by atoms with Crippen molar-refractivity contribution in [2.24, 2.45) is 0 Å². The van der Waals surface area contributed by atoms with Gasteiger partial charge in [-0.25, -0.2) is 9.59 Å². The van der Waals surface area contributed by atoms with Crippen LogP contribution in [-0.2, 0) is 25.8 Å². The van der Waals surface area contributed by atoms with Gasteiger partial charge in [-0.15, -0.1) is 5.06 Å². The van der Waals surface area contributed by atoms with Crippen LogP contribution in [0.15, 0.2) is 66.7 Å². The van der Waals surface area contributed by atoms with Crippen molar-refractivity contribution in [2.75, 3.05) is 0 Å². The number of aryl methyl sites for hydroxylation is 1. The summed E-state index contributed by atoms with van der Waals surface area (Å²) in [6.07, 6.45) is 7.57. The molecule has 0 saturated carbocycles. The second kappa shape index (κ2) is 15.9.